The Hall–Kier alpha value is -1.39. The molecule has 1 unspecified atom stereocenters. The Bertz CT molecular complexity index is 241. The average molecular weight is 234 g/mol. The monoisotopic (exact) mass is 234 g/mol. The van der Waals surface area contributed by atoms with Gasteiger partial charge in [-0.15, -0.1) is 0 Å². The second-order valence-corrected chi connectivity index (χ2v) is 3.36. The van der Waals surface area contributed by atoms with Crippen LogP contribution < -0.4 is 0 Å². The summed E-state index contributed by atoms with van der Waals surface area (Å²) >= 11 is 0. The third kappa shape index (κ3) is 12.6. The molecule has 0 aliphatic carbocycles. The number of rotatable bonds is 4. The van der Waals surface area contributed by atoms with Gasteiger partial charge in [0.25, 0.3) is 0 Å². The van der Waals surface area contributed by atoms with Gasteiger partial charge in [-0.3, -0.25) is 9.59 Å². The highest BCUT2D eigenvalue weighted by molar-refractivity contribution is 6.33. The first-order valence-electron chi connectivity index (χ1n) is 5.49. The molecule has 0 N–H and O–H groups in total. The molecule has 0 amide bonds. The minimum absolute atomic E-state index is 0.145. The smallest absolute Gasteiger partial charge is 0.374 e. The van der Waals surface area contributed by atoms with Gasteiger partial charge in [-0.1, -0.05) is 13.8 Å². The molecule has 16 heavy (non-hydrogen) atoms. The Balaban J connectivity index is 0. The minimum Gasteiger partial charge on any atom is -0.469 e. The number of hydrogen-bond donors (Lipinski definition) is 0. The normalized spacial score (nSPS) is 11.8. The molecular weight excluding hydrogens is 212 g/mol. The van der Waals surface area contributed by atoms with E-state index in [0.717, 1.165) is 0 Å². The fourth-order valence-corrected chi connectivity index (χ4v) is 0.627. The van der Waals surface area contributed by atoms with Gasteiger partial charge >= 0.3 is 11.9 Å². The van der Waals surface area contributed by atoms with Crippen LogP contribution in [0.15, 0.2) is 0 Å². The van der Waals surface area contributed by atoms with Gasteiger partial charge in [0.1, 0.15) is 0 Å². The maximum atomic E-state index is 10.9. The fourth-order valence-electron chi connectivity index (χ4n) is 0.627. The Morgan fingerprint density at radius 3 is 2.00 bits per heavy atom. The summed E-state index contributed by atoms with van der Waals surface area (Å²) in [5, 5.41) is 0. The van der Waals surface area contributed by atoms with Gasteiger partial charge in [-0.05, 0) is 12.8 Å². The zero-order valence-corrected chi connectivity index (χ0v) is 10.4. The van der Waals surface area contributed by atoms with E-state index in [4.69, 9.17) is 1.37 Å². The maximum Gasteiger partial charge on any atom is 0.374 e. The van der Waals surface area contributed by atoms with Crippen molar-refractivity contribution in [3.63, 3.8) is 0 Å². The molecule has 0 rings (SSSR count). The molecular formula is C11H20O5. The summed E-state index contributed by atoms with van der Waals surface area (Å²) in [6.45, 7) is 5.47. The van der Waals surface area contributed by atoms with Gasteiger partial charge in [0.05, 0.1) is 15.1 Å². The van der Waals surface area contributed by atoms with Crippen molar-refractivity contribution in [2.24, 2.45) is 5.92 Å². The van der Waals surface area contributed by atoms with Crippen molar-refractivity contribution < 1.29 is 25.2 Å². The molecule has 0 heterocycles. The summed E-state index contributed by atoms with van der Waals surface area (Å²) < 4.78 is 15.4. The van der Waals surface area contributed by atoms with Crippen molar-refractivity contribution in [1.29, 1.82) is 0 Å². The molecule has 1 atom stereocenters. The molecule has 0 aromatic heterocycles. The summed E-state index contributed by atoms with van der Waals surface area (Å²) in [5.41, 5.74) is 0. The molecule has 0 bridgehead atoms. The Kier molecular flexibility index (Phi) is 9.26. The van der Waals surface area contributed by atoms with E-state index in [1.54, 1.807) is 0 Å². The van der Waals surface area contributed by atoms with Crippen LogP contribution >= 0.6 is 0 Å². The molecule has 0 saturated heterocycles. The van der Waals surface area contributed by atoms with Crippen LogP contribution in [0.3, 0.4) is 0 Å². The number of hydrogen-bond acceptors (Lipinski definition) is 5. The van der Waals surface area contributed by atoms with Gasteiger partial charge < -0.3 is 9.47 Å². The predicted octanol–water partition coefficient (Wildman–Crippen LogP) is 1.34. The van der Waals surface area contributed by atoms with Crippen molar-refractivity contribution in [3.8, 4) is 0 Å². The van der Waals surface area contributed by atoms with Crippen molar-refractivity contribution in [3.05, 3.63) is 0 Å². The van der Waals surface area contributed by atoms with Gasteiger partial charge in [0.2, 0.25) is 5.78 Å². The van der Waals surface area contributed by atoms with Crippen molar-refractivity contribution in [1.82, 2.24) is 0 Å². The van der Waals surface area contributed by atoms with Crippen LogP contribution in [0.1, 0.15) is 35.5 Å². The number of carbonyl (C=O) groups excluding carboxylic acids is 3. The first kappa shape index (κ1) is 14.6. The summed E-state index contributed by atoms with van der Waals surface area (Å²) in [7, 11) is 1.35. The molecule has 94 valence electrons. The lowest BCUT2D eigenvalue weighted by molar-refractivity contribution is -0.153. The third-order valence-corrected chi connectivity index (χ3v) is 1.33. The van der Waals surface area contributed by atoms with Crippen LogP contribution in [0.4, 0.5) is 0 Å². The summed E-state index contributed by atoms with van der Waals surface area (Å²) in [6.07, 6.45) is 0.186. The van der Waals surface area contributed by atoms with E-state index in [1.807, 2.05) is 13.8 Å². The highest BCUT2D eigenvalue weighted by Crippen LogP contribution is 2.00. The van der Waals surface area contributed by atoms with Crippen LogP contribution in [0.5, 0.6) is 0 Å². The van der Waals surface area contributed by atoms with Crippen LogP contribution in [-0.4, -0.2) is 31.4 Å². The molecule has 0 radical (unpaired) electrons. The van der Waals surface area contributed by atoms with E-state index in [9.17, 15) is 14.4 Å². The molecule has 0 aromatic carbocycles. The predicted molar refractivity (Wildman–Crippen MR) is 58.8 cm³/mol. The van der Waals surface area contributed by atoms with Gasteiger partial charge in [-0.25, -0.2) is 4.79 Å². The topological polar surface area (TPSA) is 69.7 Å². The van der Waals surface area contributed by atoms with E-state index in [1.165, 1.54) is 21.0 Å². The van der Waals surface area contributed by atoms with Crippen molar-refractivity contribution >= 4 is 17.7 Å². The number of methoxy groups -OCH3 is 1. The van der Waals surface area contributed by atoms with E-state index < -0.39 is 18.3 Å². The fraction of sp³-hybridized carbons (Fsp3) is 0.727. The highest BCUT2D eigenvalue weighted by Gasteiger charge is 2.15. The molecule has 5 heteroatoms. The maximum absolute atomic E-state index is 10.9. The first-order chi connectivity index (χ1) is 7.70. The standard InChI is InChI=1S/C8H14O3.C3H6O2/c1-4-11-8(10)7(9)5-6(2)3;1-3(4)5-2/h6H,4-5H2,1-3H3;1-2H3/i4T;. The molecule has 0 spiro atoms. The highest BCUT2D eigenvalue weighted by atomic mass is 16.5. The lowest BCUT2D eigenvalue weighted by Gasteiger charge is -2.02. The molecule has 0 fully saturated rings. The Labute approximate surface area is 97.5 Å². The minimum atomic E-state index is -0.964. The largest absolute Gasteiger partial charge is 0.469 e. The summed E-state index contributed by atoms with van der Waals surface area (Å²) in [5.74, 6) is -1.55. The summed E-state index contributed by atoms with van der Waals surface area (Å²) in [6, 6.07) is 0. The zero-order valence-electron chi connectivity index (χ0n) is 11.4. The number of ketones is 1. The molecule has 0 saturated carbocycles. The van der Waals surface area contributed by atoms with E-state index in [-0.39, 0.29) is 18.3 Å². The van der Waals surface area contributed by atoms with Crippen LogP contribution in [0.25, 0.3) is 0 Å². The number of carbonyl (C=O) groups is 3. The zero-order chi connectivity index (χ0) is 14.0. The lowest BCUT2D eigenvalue weighted by Crippen LogP contribution is -2.18. The number of esters is 2. The van der Waals surface area contributed by atoms with Crippen molar-refractivity contribution in [2.75, 3.05) is 13.7 Å². The Morgan fingerprint density at radius 1 is 1.31 bits per heavy atom. The van der Waals surface area contributed by atoms with E-state index >= 15 is 0 Å². The molecule has 5 nitrogen and oxygen atoms in total. The van der Waals surface area contributed by atoms with Gasteiger partial charge in [-0.2, -0.15) is 0 Å². The SMILES string of the molecule is COC(C)=O.[3H]C(C)OC(=O)C(=O)CC(C)C. The first-order valence-corrected chi connectivity index (χ1v) is 4.91. The second kappa shape index (κ2) is 10.1. The quantitative estimate of drug-likeness (QED) is 0.542. The number of Topliss-reactive ketones (excluding diaryl/α,β-unsaturated/α-hetero) is 1. The van der Waals surface area contributed by atoms with E-state index in [0.29, 0.717) is 0 Å². The van der Waals surface area contributed by atoms with Crippen molar-refractivity contribution in [2.45, 2.75) is 34.1 Å². The van der Waals surface area contributed by atoms with Gasteiger partial charge in [0, 0.05) is 13.3 Å². The molecule has 0 aliphatic heterocycles. The van der Waals surface area contributed by atoms with Crippen LogP contribution in [-0.2, 0) is 23.9 Å². The van der Waals surface area contributed by atoms with E-state index in [2.05, 4.69) is 9.47 Å². The number of ether oxygens (including phenoxy) is 2. The van der Waals surface area contributed by atoms with Gasteiger partial charge in [0.15, 0.2) is 0 Å². The summed E-state index contributed by atoms with van der Waals surface area (Å²) in [4.78, 5) is 31.3. The Morgan fingerprint density at radius 2 is 1.75 bits per heavy atom. The third-order valence-electron chi connectivity index (χ3n) is 1.33. The van der Waals surface area contributed by atoms with Crippen LogP contribution in [0, 0.1) is 5.92 Å². The average Bonchev–Trinajstić information content (AvgIpc) is 2.16. The second-order valence-electron chi connectivity index (χ2n) is 3.36. The lowest BCUT2D eigenvalue weighted by atomic mass is 10.1. The van der Waals surface area contributed by atoms with Crippen LogP contribution in [0.2, 0.25) is 0 Å². The molecule has 0 aliphatic rings. The molecule has 0 aromatic rings.